The third-order valence-electron chi connectivity index (χ3n) is 4.59. The van der Waals surface area contributed by atoms with Gasteiger partial charge in [0, 0.05) is 28.4 Å². The van der Waals surface area contributed by atoms with E-state index in [4.69, 9.17) is 11.6 Å². The lowest BCUT2D eigenvalue weighted by atomic mass is 10.1. The first-order chi connectivity index (χ1) is 14.8. The molecule has 0 radical (unpaired) electrons. The Kier molecular flexibility index (Phi) is 4.75. The van der Waals surface area contributed by atoms with Crippen molar-refractivity contribution >= 4 is 45.7 Å². The first kappa shape index (κ1) is 18.1. The van der Waals surface area contributed by atoms with Crippen LogP contribution in [0, 0.1) is 0 Å². The van der Waals surface area contributed by atoms with E-state index in [1.54, 1.807) is 18.6 Å². The van der Waals surface area contributed by atoms with E-state index in [1.807, 2.05) is 66.7 Å². The Morgan fingerprint density at radius 1 is 0.800 bits per heavy atom. The summed E-state index contributed by atoms with van der Waals surface area (Å²) < 4.78 is 0. The number of halogens is 1. The third kappa shape index (κ3) is 3.68. The minimum atomic E-state index is 0.412. The number of nitrogens with zero attached hydrogens (tertiary/aromatic N) is 5. The van der Waals surface area contributed by atoms with E-state index >= 15 is 0 Å². The highest BCUT2D eigenvalue weighted by Crippen LogP contribution is 2.28. The van der Waals surface area contributed by atoms with Gasteiger partial charge in [-0.05, 0) is 35.9 Å². The highest BCUT2D eigenvalue weighted by Gasteiger charge is 2.09. The minimum Gasteiger partial charge on any atom is -0.253 e. The Hall–Kier alpha value is -3.90. The van der Waals surface area contributed by atoms with Crippen LogP contribution >= 0.6 is 11.6 Å². The van der Waals surface area contributed by atoms with Gasteiger partial charge in [0.05, 0.1) is 28.5 Å². The molecule has 2 heterocycles. The van der Waals surface area contributed by atoms with Crippen molar-refractivity contribution in [1.29, 1.82) is 0 Å². The second-order valence-corrected chi connectivity index (χ2v) is 7.03. The van der Waals surface area contributed by atoms with Crippen molar-refractivity contribution in [2.24, 2.45) is 5.10 Å². The average Bonchev–Trinajstić information content (AvgIpc) is 2.79. The number of aromatic nitrogens is 4. The van der Waals surface area contributed by atoms with Gasteiger partial charge in [-0.25, -0.2) is 15.4 Å². The fourth-order valence-corrected chi connectivity index (χ4v) is 3.31. The van der Waals surface area contributed by atoms with Gasteiger partial charge in [0.2, 0.25) is 5.95 Å². The number of anilines is 1. The smallest absolute Gasteiger partial charge is 0.244 e. The molecule has 6 nitrogen and oxygen atoms in total. The van der Waals surface area contributed by atoms with Gasteiger partial charge in [-0.15, -0.1) is 0 Å². The summed E-state index contributed by atoms with van der Waals surface area (Å²) in [5, 5.41) is 5.95. The molecule has 0 saturated carbocycles. The molecule has 7 heteroatoms. The molecule has 0 amide bonds. The average molecular weight is 411 g/mol. The summed E-state index contributed by atoms with van der Waals surface area (Å²) in [6, 6.07) is 21.2. The molecule has 5 rings (SSSR count). The van der Waals surface area contributed by atoms with Crippen molar-refractivity contribution in [3.63, 3.8) is 0 Å². The number of para-hydroxylation sites is 1. The lowest BCUT2D eigenvalue weighted by Gasteiger charge is -2.08. The summed E-state index contributed by atoms with van der Waals surface area (Å²) in [6.45, 7) is 0. The van der Waals surface area contributed by atoms with Crippen molar-refractivity contribution in [3.8, 4) is 11.3 Å². The number of hydrazone groups is 1. The molecule has 2 aromatic heterocycles. The van der Waals surface area contributed by atoms with Crippen molar-refractivity contribution in [2.75, 3.05) is 5.43 Å². The lowest BCUT2D eigenvalue weighted by molar-refractivity contribution is 1.16. The standard InChI is InChI=1S/C23H15ClN6/c24-17-8-6-16(7-9-17)22-18-3-1-2-4-19(18)28-23(29-22)30-27-14-15-5-10-20-21(13-15)26-12-11-25-20/h1-14H,(H,28,29,30). The van der Waals surface area contributed by atoms with E-state index in [1.165, 1.54) is 0 Å². The van der Waals surface area contributed by atoms with Crippen molar-refractivity contribution in [2.45, 2.75) is 0 Å². The molecular weight excluding hydrogens is 396 g/mol. The van der Waals surface area contributed by atoms with Gasteiger partial charge >= 0.3 is 0 Å². The molecular formula is C23H15ClN6. The summed E-state index contributed by atoms with van der Waals surface area (Å²) in [5.41, 5.74) is 8.09. The molecule has 0 fully saturated rings. The van der Waals surface area contributed by atoms with Gasteiger partial charge in [-0.1, -0.05) is 48.0 Å². The topological polar surface area (TPSA) is 76.0 Å². The molecule has 0 aliphatic rings. The largest absolute Gasteiger partial charge is 0.253 e. The molecule has 3 aromatic carbocycles. The maximum absolute atomic E-state index is 6.04. The van der Waals surface area contributed by atoms with E-state index in [2.05, 4.69) is 30.5 Å². The van der Waals surface area contributed by atoms with Gasteiger partial charge in [-0.2, -0.15) is 5.10 Å². The van der Waals surface area contributed by atoms with Crippen LogP contribution in [-0.2, 0) is 0 Å². The van der Waals surface area contributed by atoms with Gasteiger partial charge in [-0.3, -0.25) is 9.97 Å². The fraction of sp³-hybridized carbons (Fsp3) is 0. The number of hydrogen-bond acceptors (Lipinski definition) is 6. The summed E-state index contributed by atoms with van der Waals surface area (Å²) in [7, 11) is 0. The minimum absolute atomic E-state index is 0.412. The monoisotopic (exact) mass is 410 g/mol. The molecule has 0 spiro atoms. The summed E-state index contributed by atoms with van der Waals surface area (Å²) in [5.74, 6) is 0.412. The number of fused-ring (bicyclic) bond motifs is 2. The van der Waals surface area contributed by atoms with Crippen molar-refractivity contribution in [1.82, 2.24) is 19.9 Å². The zero-order valence-corrected chi connectivity index (χ0v) is 16.5. The van der Waals surface area contributed by atoms with E-state index in [-0.39, 0.29) is 0 Å². The second-order valence-electron chi connectivity index (χ2n) is 6.59. The van der Waals surface area contributed by atoms with Crippen LogP contribution in [0.25, 0.3) is 33.2 Å². The zero-order valence-electron chi connectivity index (χ0n) is 15.7. The molecule has 0 bridgehead atoms. The summed E-state index contributed by atoms with van der Waals surface area (Å²) in [6.07, 6.45) is 5.05. The predicted octanol–water partition coefficient (Wildman–Crippen LogP) is 5.34. The number of hydrogen-bond donors (Lipinski definition) is 1. The van der Waals surface area contributed by atoms with Crippen LogP contribution in [0.5, 0.6) is 0 Å². The Labute approximate surface area is 177 Å². The molecule has 0 aliphatic carbocycles. The normalized spacial score (nSPS) is 11.4. The zero-order chi connectivity index (χ0) is 20.3. The Morgan fingerprint density at radius 3 is 2.47 bits per heavy atom. The second kappa shape index (κ2) is 7.85. The number of rotatable bonds is 4. The molecule has 144 valence electrons. The van der Waals surface area contributed by atoms with Gasteiger partial charge in [0.25, 0.3) is 0 Å². The number of benzene rings is 3. The molecule has 0 saturated heterocycles. The third-order valence-corrected chi connectivity index (χ3v) is 4.84. The highest BCUT2D eigenvalue weighted by atomic mass is 35.5. The van der Waals surface area contributed by atoms with Crippen LogP contribution < -0.4 is 5.43 Å². The first-order valence-electron chi connectivity index (χ1n) is 9.29. The molecule has 30 heavy (non-hydrogen) atoms. The van der Waals surface area contributed by atoms with Crippen LogP contribution in [0.4, 0.5) is 5.95 Å². The summed E-state index contributed by atoms with van der Waals surface area (Å²) >= 11 is 6.04. The van der Waals surface area contributed by atoms with Crippen LogP contribution in [0.1, 0.15) is 5.56 Å². The Bertz CT molecular complexity index is 1380. The molecule has 0 atom stereocenters. The molecule has 5 aromatic rings. The van der Waals surface area contributed by atoms with Gasteiger partial charge < -0.3 is 0 Å². The van der Waals surface area contributed by atoms with Crippen LogP contribution in [-0.4, -0.2) is 26.2 Å². The van der Waals surface area contributed by atoms with E-state index < -0.39 is 0 Å². The SMILES string of the molecule is Clc1ccc(-c2nc(NN=Cc3ccc4nccnc4c3)nc3ccccc23)cc1. The Balaban J connectivity index is 1.48. The van der Waals surface area contributed by atoms with E-state index in [9.17, 15) is 0 Å². The van der Waals surface area contributed by atoms with Crippen LogP contribution in [0.3, 0.4) is 0 Å². The predicted molar refractivity (Wildman–Crippen MR) is 121 cm³/mol. The fourth-order valence-electron chi connectivity index (χ4n) is 3.18. The molecule has 0 unspecified atom stereocenters. The van der Waals surface area contributed by atoms with E-state index in [0.717, 1.165) is 38.8 Å². The van der Waals surface area contributed by atoms with Gasteiger partial charge in [0.15, 0.2) is 0 Å². The molecule has 0 aliphatic heterocycles. The quantitative estimate of drug-likeness (QED) is 0.319. The maximum Gasteiger partial charge on any atom is 0.244 e. The maximum atomic E-state index is 6.04. The van der Waals surface area contributed by atoms with Crippen molar-refractivity contribution < 1.29 is 0 Å². The van der Waals surface area contributed by atoms with Crippen LogP contribution in [0.15, 0.2) is 84.2 Å². The summed E-state index contributed by atoms with van der Waals surface area (Å²) in [4.78, 5) is 17.8. The van der Waals surface area contributed by atoms with E-state index in [0.29, 0.717) is 11.0 Å². The number of nitrogens with one attached hydrogen (secondary N) is 1. The lowest BCUT2D eigenvalue weighted by Crippen LogP contribution is -2.00. The molecule has 1 N–H and O–H groups in total. The van der Waals surface area contributed by atoms with Crippen LogP contribution in [0.2, 0.25) is 5.02 Å². The first-order valence-corrected chi connectivity index (χ1v) is 9.67. The van der Waals surface area contributed by atoms with Crippen molar-refractivity contribution in [3.05, 3.63) is 89.7 Å². The highest BCUT2D eigenvalue weighted by molar-refractivity contribution is 6.30. The Morgan fingerprint density at radius 2 is 1.60 bits per heavy atom. The van der Waals surface area contributed by atoms with Gasteiger partial charge in [0.1, 0.15) is 0 Å².